The second kappa shape index (κ2) is 5.67. The molecular weight excluding hydrogens is 207 g/mol. The van der Waals surface area contributed by atoms with E-state index in [4.69, 9.17) is 11.6 Å². The van der Waals surface area contributed by atoms with Gasteiger partial charge in [-0.2, -0.15) is 0 Å². The van der Waals surface area contributed by atoms with Crippen molar-refractivity contribution in [3.63, 3.8) is 0 Å². The van der Waals surface area contributed by atoms with E-state index in [0.29, 0.717) is 5.88 Å². The molecule has 0 rings (SSSR count). The fourth-order valence-corrected chi connectivity index (χ4v) is 0.879. The van der Waals surface area contributed by atoms with E-state index >= 15 is 0 Å². The molecule has 0 fully saturated rings. The van der Waals surface area contributed by atoms with Crippen LogP contribution in [0.3, 0.4) is 0 Å². The van der Waals surface area contributed by atoms with Crippen molar-refractivity contribution in [2.45, 2.75) is 19.3 Å². The molecule has 0 heterocycles. The van der Waals surface area contributed by atoms with Gasteiger partial charge in [-0.15, -0.1) is 24.8 Å². The van der Waals surface area contributed by atoms with Gasteiger partial charge < -0.3 is 4.90 Å². The third-order valence-electron chi connectivity index (χ3n) is 1.69. The largest absolute Gasteiger partial charge is 0.522 e. The number of nitrogens with zero attached hydrogens (tertiary/aromatic N) is 1. The summed E-state index contributed by atoms with van der Waals surface area (Å²) in [6.45, 7) is 1.69. The summed E-state index contributed by atoms with van der Waals surface area (Å²) in [6.07, 6.45) is -4.54. The van der Waals surface area contributed by atoms with Gasteiger partial charge >= 0.3 is 6.36 Å². The van der Waals surface area contributed by atoms with Crippen LogP contribution in [0.2, 0.25) is 0 Å². The van der Waals surface area contributed by atoms with Gasteiger partial charge in [0.15, 0.2) is 0 Å². The van der Waals surface area contributed by atoms with E-state index in [1.54, 1.807) is 11.9 Å². The number of hydrogen-bond acceptors (Lipinski definition) is 2. The first-order valence-corrected chi connectivity index (χ1v) is 4.37. The highest BCUT2D eigenvalue weighted by Gasteiger charge is 2.28. The molecule has 6 heteroatoms. The van der Waals surface area contributed by atoms with Crippen LogP contribution in [0, 0.1) is 0 Å². The Labute approximate surface area is 80.6 Å². The Hall–Kier alpha value is -0.0000000000000000555. The summed E-state index contributed by atoms with van der Waals surface area (Å²) < 4.78 is 38.2. The number of likely N-dealkylation sites (N-methyl/N-ethyl adjacent to an activating group) is 1. The smallest absolute Gasteiger partial charge is 0.300 e. The Morgan fingerprint density at radius 3 is 2.38 bits per heavy atom. The minimum atomic E-state index is -4.54. The lowest BCUT2D eigenvalue weighted by atomic mass is 10.3. The quantitative estimate of drug-likeness (QED) is 0.657. The maximum Gasteiger partial charge on any atom is 0.522 e. The lowest BCUT2D eigenvalue weighted by Crippen LogP contribution is -2.34. The Kier molecular flexibility index (Phi) is 5.67. The average Bonchev–Trinajstić information content (AvgIpc) is 2.00. The predicted molar refractivity (Wildman–Crippen MR) is 44.8 cm³/mol. The van der Waals surface area contributed by atoms with Gasteiger partial charge in [-0.05, 0) is 14.0 Å². The standard InChI is InChI=1S/C7H13ClF3NO/c1-6(5-8)12(2)3-4-13-7(9,10)11/h6H,3-5H2,1-2H3. The molecule has 0 saturated heterocycles. The zero-order chi connectivity index (χ0) is 10.5. The highest BCUT2D eigenvalue weighted by molar-refractivity contribution is 6.18. The van der Waals surface area contributed by atoms with Crippen molar-refractivity contribution in [2.75, 3.05) is 26.1 Å². The summed E-state index contributed by atoms with van der Waals surface area (Å²) in [6, 6.07) is 0.0542. The molecule has 0 amide bonds. The van der Waals surface area contributed by atoms with Crippen LogP contribution >= 0.6 is 11.6 Å². The maximum absolute atomic E-state index is 11.5. The van der Waals surface area contributed by atoms with E-state index in [0.717, 1.165) is 0 Å². The Bertz CT molecular complexity index is 142. The Balaban J connectivity index is 3.53. The third-order valence-corrected chi connectivity index (χ3v) is 2.13. The molecule has 0 aromatic carbocycles. The lowest BCUT2D eigenvalue weighted by Gasteiger charge is -2.22. The van der Waals surface area contributed by atoms with Gasteiger partial charge in [0.1, 0.15) is 0 Å². The van der Waals surface area contributed by atoms with Gasteiger partial charge in [0, 0.05) is 18.5 Å². The van der Waals surface area contributed by atoms with Gasteiger partial charge in [-0.25, -0.2) is 0 Å². The number of hydrogen-bond donors (Lipinski definition) is 0. The molecule has 0 aliphatic carbocycles. The monoisotopic (exact) mass is 219 g/mol. The van der Waals surface area contributed by atoms with Crippen LogP contribution in [0.4, 0.5) is 13.2 Å². The number of halogens is 4. The first-order chi connectivity index (χ1) is 5.87. The lowest BCUT2D eigenvalue weighted by molar-refractivity contribution is -0.325. The van der Waals surface area contributed by atoms with E-state index in [1.165, 1.54) is 0 Å². The molecule has 0 saturated carbocycles. The molecule has 0 aliphatic rings. The number of ether oxygens (including phenoxy) is 1. The van der Waals surface area contributed by atoms with Gasteiger partial charge in [-0.3, -0.25) is 4.74 Å². The number of alkyl halides is 4. The van der Waals surface area contributed by atoms with E-state index in [2.05, 4.69) is 4.74 Å². The van der Waals surface area contributed by atoms with Gasteiger partial charge in [0.05, 0.1) is 6.61 Å². The summed E-state index contributed by atoms with van der Waals surface area (Å²) >= 11 is 5.51. The molecule has 0 radical (unpaired) electrons. The SMILES string of the molecule is CC(CCl)N(C)CCOC(F)(F)F. The van der Waals surface area contributed by atoms with Crippen molar-refractivity contribution < 1.29 is 17.9 Å². The fraction of sp³-hybridized carbons (Fsp3) is 1.00. The Morgan fingerprint density at radius 2 is 2.00 bits per heavy atom. The van der Waals surface area contributed by atoms with Crippen LogP contribution in [0.25, 0.3) is 0 Å². The molecule has 0 aromatic heterocycles. The molecule has 0 aliphatic heterocycles. The van der Waals surface area contributed by atoms with Gasteiger partial charge in [0.2, 0.25) is 0 Å². The van der Waals surface area contributed by atoms with Crippen LogP contribution in [-0.2, 0) is 4.74 Å². The summed E-state index contributed by atoms with van der Waals surface area (Å²) in [5, 5.41) is 0. The first kappa shape index (κ1) is 13.0. The fourth-order valence-electron chi connectivity index (χ4n) is 0.644. The molecular formula is C7H13ClF3NO. The summed E-state index contributed by atoms with van der Waals surface area (Å²) in [7, 11) is 1.70. The Morgan fingerprint density at radius 1 is 1.46 bits per heavy atom. The topological polar surface area (TPSA) is 12.5 Å². The molecule has 0 bridgehead atoms. The molecule has 0 aromatic rings. The van der Waals surface area contributed by atoms with Crippen molar-refractivity contribution in [3.05, 3.63) is 0 Å². The minimum absolute atomic E-state index is 0.0542. The summed E-state index contributed by atoms with van der Waals surface area (Å²) in [5.41, 5.74) is 0. The highest BCUT2D eigenvalue weighted by atomic mass is 35.5. The zero-order valence-corrected chi connectivity index (χ0v) is 8.32. The summed E-state index contributed by atoms with van der Waals surface area (Å²) in [5.74, 6) is 0.391. The second-order valence-corrected chi connectivity index (χ2v) is 3.09. The van der Waals surface area contributed by atoms with Crippen LogP contribution in [0.5, 0.6) is 0 Å². The van der Waals surface area contributed by atoms with Crippen LogP contribution < -0.4 is 0 Å². The predicted octanol–water partition coefficient (Wildman–Crippen LogP) is 2.08. The molecule has 2 nitrogen and oxygen atoms in total. The van der Waals surface area contributed by atoms with Crippen molar-refractivity contribution in [3.8, 4) is 0 Å². The molecule has 0 N–H and O–H groups in total. The van der Waals surface area contributed by atoms with Crippen molar-refractivity contribution in [1.29, 1.82) is 0 Å². The van der Waals surface area contributed by atoms with Crippen LogP contribution in [0.15, 0.2) is 0 Å². The van der Waals surface area contributed by atoms with Crippen molar-refractivity contribution >= 4 is 11.6 Å². The molecule has 80 valence electrons. The van der Waals surface area contributed by atoms with Crippen LogP contribution in [-0.4, -0.2) is 43.4 Å². The van der Waals surface area contributed by atoms with Crippen molar-refractivity contribution in [2.24, 2.45) is 0 Å². The van der Waals surface area contributed by atoms with Gasteiger partial charge in [-0.1, -0.05) is 0 Å². The summed E-state index contributed by atoms with van der Waals surface area (Å²) in [4.78, 5) is 1.71. The third kappa shape index (κ3) is 7.10. The zero-order valence-electron chi connectivity index (χ0n) is 7.57. The van der Waals surface area contributed by atoms with Gasteiger partial charge in [0.25, 0.3) is 0 Å². The van der Waals surface area contributed by atoms with E-state index in [1.807, 2.05) is 6.92 Å². The highest BCUT2D eigenvalue weighted by Crippen LogP contribution is 2.15. The second-order valence-electron chi connectivity index (χ2n) is 2.78. The van der Waals surface area contributed by atoms with E-state index < -0.39 is 6.36 Å². The van der Waals surface area contributed by atoms with Crippen molar-refractivity contribution in [1.82, 2.24) is 4.90 Å². The molecule has 1 unspecified atom stereocenters. The number of rotatable bonds is 5. The minimum Gasteiger partial charge on any atom is -0.300 e. The average molecular weight is 220 g/mol. The van der Waals surface area contributed by atoms with E-state index in [9.17, 15) is 13.2 Å². The normalized spacial score (nSPS) is 15.0. The molecule has 1 atom stereocenters. The van der Waals surface area contributed by atoms with Crippen LogP contribution in [0.1, 0.15) is 6.92 Å². The molecule has 13 heavy (non-hydrogen) atoms. The maximum atomic E-state index is 11.5. The molecule has 0 spiro atoms. The van der Waals surface area contributed by atoms with E-state index in [-0.39, 0.29) is 19.2 Å². The first-order valence-electron chi connectivity index (χ1n) is 3.83.